The molecular formula is C24H25Cl. The first-order valence-corrected chi connectivity index (χ1v) is 9.52. The predicted octanol–water partition coefficient (Wildman–Crippen LogP) is 7.08. The number of aryl methyl sites for hydroxylation is 2. The Labute approximate surface area is 156 Å². The Morgan fingerprint density at radius 3 is 1.92 bits per heavy atom. The molecule has 0 amide bonds. The van der Waals surface area contributed by atoms with Crippen LogP contribution in [0.2, 0.25) is 5.02 Å². The molecule has 0 aromatic heterocycles. The molecule has 1 heteroatoms. The van der Waals surface area contributed by atoms with Gasteiger partial charge in [-0.25, -0.2) is 0 Å². The van der Waals surface area contributed by atoms with E-state index in [0.717, 1.165) is 17.9 Å². The molecule has 3 aromatic rings. The van der Waals surface area contributed by atoms with Gasteiger partial charge in [0.25, 0.3) is 0 Å². The molecule has 0 heterocycles. The van der Waals surface area contributed by atoms with Gasteiger partial charge in [-0.15, -0.1) is 0 Å². The van der Waals surface area contributed by atoms with Gasteiger partial charge in [-0.05, 0) is 66.8 Å². The van der Waals surface area contributed by atoms with E-state index in [0.29, 0.717) is 5.92 Å². The maximum Gasteiger partial charge on any atom is 0.0408 e. The number of hydrogen-bond donors (Lipinski definition) is 0. The van der Waals surface area contributed by atoms with E-state index in [2.05, 4.69) is 78.9 Å². The molecule has 0 saturated carbocycles. The summed E-state index contributed by atoms with van der Waals surface area (Å²) in [5.41, 5.74) is 4.21. The molecule has 128 valence electrons. The quantitative estimate of drug-likeness (QED) is 0.408. The van der Waals surface area contributed by atoms with Crippen LogP contribution in [0.25, 0.3) is 0 Å². The summed E-state index contributed by atoms with van der Waals surface area (Å²) in [6.07, 6.45) is 5.82. The lowest BCUT2D eigenvalue weighted by atomic mass is 9.87. The summed E-state index contributed by atoms with van der Waals surface area (Å²) < 4.78 is 0. The fourth-order valence-corrected chi connectivity index (χ4v) is 3.62. The molecule has 0 aliphatic rings. The van der Waals surface area contributed by atoms with E-state index >= 15 is 0 Å². The number of rotatable bonds is 8. The molecule has 0 saturated heterocycles. The SMILES string of the molecule is Clc1cccc(C(CCCc2ccccc2)CCc2ccccc2)c1. The van der Waals surface area contributed by atoms with E-state index in [1.54, 1.807) is 0 Å². The van der Waals surface area contributed by atoms with Crippen LogP contribution in [0.4, 0.5) is 0 Å². The van der Waals surface area contributed by atoms with E-state index in [1.165, 1.54) is 36.0 Å². The van der Waals surface area contributed by atoms with Gasteiger partial charge in [-0.1, -0.05) is 84.4 Å². The molecule has 0 bridgehead atoms. The van der Waals surface area contributed by atoms with Crippen molar-refractivity contribution in [2.24, 2.45) is 0 Å². The van der Waals surface area contributed by atoms with Crippen molar-refractivity contribution < 1.29 is 0 Å². The molecule has 0 nitrogen and oxygen atoms in total. The van der Waals surface area contributed by atoms with Crippen LogP contribution in [-0.2, 0) is 12.8 Å². The zero-order chi connectivity index (χ0) is 17.3. The summed E-state index contributed by atoms with van der Waals surface area (Å²) in [6.45, 7) is 0. The van der Waals surface area contributed by atoms with Crippen LogP contribution in [-0.4, -0.2) is 0 Å². The van der Waals surface area contributed by atoms with Crippen LogP contribution in [0, 0.1) is 0 Å². The van der Waals surface area contributed by atoms with Crippen LogP contribution in [0.15, 0.2) is 84.9 Å². The Morgan fingerprint density at radius 2 is 1.28 bits per heavy atom. The van der Waals surface area contributed by atoms with Crippen molar-refractivity contribution in [2.75, 3.05) is 0 Å². The van der Waals surface area contributed by atoms with Gasteiger partial charge in [0.2, 0.25) is 0 Å². The third-order valence-corrected chi connectivity index (χ3v) is 5.04. The Morgan fingerprint density at radius 1 is 0.640 bits per heavy atom. The second-order valence-electron chi connectivity index (χ2n) is 6.65. The fraction of sp³-hybridized carbons (Fsp3) is 0.250. The van der Waals surface area contributed by atoms with Gasteiger partial charge in [0.15, 0.2) is 0 Å². The molecule has 0 N–H and O–H groups in total. The zero-order valence-corrected chi connectivity index (χ0v) is 15.3. The molecule has 0 fully saturated rings. The molecule has 0 aliphatic carbocycles. The second kappa shape index (κ2) is 9.44. The van der Waals surface area contributed by atoms with Crippen molar-refractivity contribution in [3.05, 3.63) is 107 Å². The van der Waals surface area contributed by atoms with Crippen LogP contribution >= 0.6 is 11.6 Å². The first-order valence-electron chi connectivity index (χ1n) is 9.14. The molecule has 0 spiro atoms. The Bertz CT molecular complexity index is 749. The minimum atomic E-state index is 0.558. The van der Waals surface area contributed by atoms with Gasteiger partial charge in [0, 0.05) is 5.02 Å². The van der Waals surface area contributed by atoms with Gasteiger partial charge < -0.3 is 0 Å². The summed E-state index contributed by atoms with van der Waals surface area (Å²) in [7, 11) is 0. The smallest absolute Gasteiger partial charge is 0.0408 e. The van der Waals surface area contributed by atoms with Gasteiger partial charge >= 0.3 is 0 Å². The fourth-order valence-electron chi connectivity index (χ4n) is 3.42. The average molecular weight is 349 g/mol. The summed E-state index contributed by atoms with van der Waals surface area (Å²) in [6, 6.07) is 29.9. The Kier molecular flexibility index (Phi) is 6.71. The highest BCUT2D eigenvalue weighted by Crippen LogP contribution is 2.29. The van der Waals surface area contributed by atoms with Crippen molar-refractivity contribution in [2.45, 2.75) is 38.0 Å². The highest BCUT2D eigenvalue weighted by atomic mass is 35.5. The standard InChI is InChI=1S/C24H25Cl/c25-24-16-8-15-23(19-24)22(18-17-21-11-5-2-6-12-21)14-7-13-20-9-3-1-4-10-20/h1-6,8-12,15-16,19,22H,7,13-14,17-18H2. The summed E-state index contributed by atoms with van der Waals surface area (Å²) in [5, 5.41) is 0.838. The lowest BCUT2D eigenvalue weighted by molar-refractivity contribution is 0.552. The molecule has 1 atom stereocenters. The first-order chi connectivity index (χ1) is 12.3. The van der Waals surface area contributed by atoms with Crippen molar-refractivity contribution in [1.29, 1.82) is 0 Å². The van der Waals surface area contributed by atoms with Gasteiger partial charge in [0.05, 0.1) is 0 Å². The average Bonchev–Trinajstić information content (AvgIpc) is 2.66. The predicted molar refractivity (Wildman–Crippen MR) is 108 cm³/mol. The largest absolute Gasteiger partial charge is 0.0843 e. The molecule has 0 aliphatic heterocycles. The van der Waals surface area contributed by atoms with Gasteiger partial charge in [-0.2, -0.15) is 0 Å². The number of halogens is 1. The number of hydrogen-bond acceptors (Lipinski definition) is 0. The normalized spacial score (nSPS) is 12.0. The van der Waals surface area contributed by atoms with E-state index in [-0.39, 0.29) is 0 Å². The van der Waals surface area contributed by atoms with Gasteiger partial charge in [-0.3, -0.25) is 0 Å². The molecule has 25 heavy (non-hydrogen) atoms. The maximum atomic E-state index is 6.24. The molecule has 3 aromatic carbocycles. The molecule has 1 unspecified atom stereocenters. The zero-order valence-electron chi connectivity index (χ0n) is 14.6. The second-order valence-corrected chi connectivity index (χ2v) is 7.09. The third-order valence-electron chi connectivity index (χ3n) is 4.81. The van der Waals surface area contributed by atoms with Crippen LogP contribution in [0.5, 0.6) is 0 Å². The highest BCUT2D eigenvalue weighted by Gasteiger charge is 2.12. The highest BCUT2D eigenvalue weighted by molar-refractivity contribution is 6.30. The summed E-state index contributed by atoms with van der Waals surface area (Å²) in [4.78, 5) is 0. The van der Waals surface area contributed by atoms with Crippen molar-refractivity contribution in [3.63, 3.8) is 0 Å². The monoisotopic (exact) mass is 348 g/mol. The Hall–Kier alpha value is -2.05. The van der Waals surface area contributed by atoms with Crippen LogP contribution < -0.4 is 0 Å². The van der Waals surface area contributed by atoms with Crippen molar-refractivity contribution in [3.8, 4) is 0 Å². The molecular weight excluding hydrogens is 324 g/mol. The van der Waals surface area contributed by atoms with Gasteiger partial charge in [0.1, 0.15) is 0 Å². The number of benzene rings is 3. The van der Waals surface area contributed by atoms with Crippen molar-refractivity contribution in [1.82, 2.24) is 0 Å². The Balaban J connectivity index is 1.63. The van der Waals surface area contributed by atoms with E-state index in [4.69, 9.17) is 11.6 Å². The van der Waals surface area contributed by atoms with Crippen molar-refractivity contribution >= 4 is 11.6 Å². The first kappa shape index (κ1) is 17.8. The third kappa shape index (κ3) is 5.76. The van der Waals surface area contributed by atoms with E-state index < -0.39 is 0 Å². The van der Waals surface area contributed by atoms with E-state index in [9.17, 15) is 0 Å². The maximum absolute atomic E-state index is 6.24. The topological polar surface area (TPSA) is 0 Å². The van der Waals surface area contributed by atoms with Crippen LogP contribution in [0.1, 0.15) is 41.9 Å². The summed E-state index contributed by atoms with van der Waals surface area (Å²) >= 11 is 6.24. The summed E-state index contributed by atoms with van der Waals surface area (Å²) in [5.74, 6) is 0.558. The molecule has 0 radical (unpaired) electrons. The molecule has 3 rings (SSSR count). The lowest BCUT2D eigenvalue weighted by Gasteiger charge is -2.18. The van der Waals surface area contributed by atoms with E-state index in [1.807, 2.05) is 6.07 Å². The lowest BCUT2D eigenvalue weighted by Crippen LogP contribution is -2.02. The minimum absolute atomic E-state index is 0.558. The minimum Gasteiger partial charge on any atom is -0.0843 e. The van der Waals surface area contributed by atoms with Crippen LogP contribution in [0.3, 0.4) is 0 Å².